The van der Waals surface area contributed by atoms with Gasteiger partial charge in [0.05, 0.1) is 6.54 Å². The van der Waals surface area contributed by atoms with E-state index in [-0.39, 0.29) is 18.0 Å². The maximum atomic E-state index is 7.52. The van der Waals surface area contributed by atoms with Gasteiger partial charge >= 0.3 is 0 Å². The van der Waals surface area contributed by atoms with E-state index in [4.69, 9.17) is 16.9 Å². The number of hydrogen-bond donors (Lipinski definition) is 3. The van der Waals surface area contributed by atoms with Gasteiger partial charge in [0.2, 0.25) is 0 Å². The first-order valence-electron chi connectivity index (χ1n) is 5.49. The van der Waals surface area contributed by atoms with Gasteiger partial charge in [-0.2, -0.15) is 0 Å². The molecule has 1 aromatic carbocycles. The number of nitrogens with two attached hydrogens (primary N) is 2. The molecule has 0 fully saturated rings. The molecule has 0 aromatic heterocycles. The second kappa shape index (κ2) is 5.89. The van der Waals surface area contributed by atoms with Crippen molar-refractivity contribution >= 4 is 11.9 Å². The van der Waals surface area contributed by atoms with E-state index in [1.54, 1.807) is 0 Å². The number of nitrogens with zero attached hydrogens (tertiary/aromatic N) is 2. The molecule has 5 N–H and O–H groups in total. The first kappa shape index (κ1) is 13.0. The molecule has 0 saturated heterocycles. The average Bonchev–Trinajstić information content (AvgIpc) is 2.25. The molecule has 0 amide bonds. The summed E-state index contributed by atoms with van der Waals surface area (Å²) in [6, 6.07) is 9.80. The van der Waals surface area contributed by atoms with Crippen LogP contribution in [-0.2, 0) is 6.54 Å². The summed E-state index contributed by atoms with van der Waals surface area (Å²) in [7, 11) is 0. The Morgan fingerprint density at radius 3 is 2.35 bits per heavy atom. The maximum absolute atomic E-state index is 7.52. The highest BCUT2D eigenvalue weighted by Gasteiger charge is 2.12. The molecule has 92 valence electrons. The summed E-state index contributed by atoms with van der Waals surface area (Å²) in [4.78, 5) is 5.68. The molecule has 0 aliphatic carbocycles. The molecule has 0 unspecified atom stereocenters. The minimum atomic E-state index is -0.101. The molecule has 0 saturated carbocycles. The molecule has 0 spiro atoms. The molecule has 1 rings (SSSR count). The number of nitrogens with one attached hydrogen (secondary N) is 1. The summed E-state index contributed by atoms with van der Waals surface area (Å²) in [6.45, 7) is 4.31. The van der Waals surface area contributed by atoms with Gasteiger partial charge in [0, 0.05) is 6.04 Å². The van der Waals surface area contributed by atoms with Crippen molar-refractivity contribution in [3.63, 3.8) is 0 Å². The van der Waals surface area contributed by atoms with E-state index < -0.39 is 0 Å². The molecule has 0 heterocycles. The standard InChI is InChI=1S/C12H19N5/c1-9(2)16-12(15)17(11(13)14)8-10-6-4-3-5-7-10/h3-7,9H,8H2,1-2H3,(H3,13,14)(H2,15,16). The molecule has 0 atom stereocenters. The molecule has 1 aromatic rings. The maximum Gasteiger partial charge on any atom is 0.198 e. The van der Waals surface area contributed by atoms with Crippen LogP contribution in [0.1, 0.15) is 19.4 Å². The van der Waals surface area contributed by atoms with Gasteiger partial charge in [-0.1, -0.05) is 30.3 Å². The Bertz CT molecular complexity index is 397. The zero-order valence-corrected chi connectivity index (χ0v) is 10.2. The highest BCUT2D eigenvalue weighted by Crippen LogP contribution is 2.04. The molecular formula is C12H19N5. The Labute approximate surface area is 102 Å². The first-order valence-corrected chi connectivity index (χ1v) is 5.49. The van der Waals surface area contributed by atoms with Crippen LogP contribution in [0.15, 0.2) is 35.3 Å². The van der Waals surface area contributed by atoms with E-state index in [0.717, 1.165) is 5.56 Å². The molecule has 0 radical (unpaired) electrons. The fourth-order valence-electron chi connectivity index (χ4n) is 1.39. The molecular weight excluding hydrogens is 214 g/mol. The van der Waals surface area contributed by atoms with E-state index in [2.05, 4.69) is 4.99 Å². The fourth-order valence-corrected chi connectivity index (χ4v) is 1.39. The first-order chi connectivity index (χ1) is 8.00. The van der Waals surface area contributed by atoms with Gasteiger partial charge in [0.15, 0.2) is 11.9 Å². The van der Waals surface area contributed by atoms with Crippen molar-refractivity contribution in [2.45, 2.75) is 26.4 Å². The highest BCUT2D eigenvalue weighted by molar-refractivity contribution is 5.95. The number of guanidine groups is 2. The summed E-state index contributed by atoms with van der Waals surface area (Å²) < 4.78 is 0. The van der Waals surface area contributed by atoms with Gasteiger partial charge < -0.3 is 11.5 Å². The van der Waals surface area contributed by atoms with Crippen molar-refractivity contribution in [1.29, 1.82) is 5.41 Å². The summed E-state index contributed by atoms with van der Waals surface area (Å²) in [5.41, 5.74) is 12.4. The highest BCUT2D eigenvalue weighted by atomic mass is 15.3. The van der Waals surface area contributed by atoms with Crippen molar-refractivity contribution in [3.05, 3.63) is 35.9 Å². The van der Waals surface area contributed by atoms with Crippen LogP contribution < -0.4 is 11.5 Å². The second-order valence-corrected chi connectivity index (χ2v) is 4.04. The van der Waals surface area contributed by atoms with Crippen molar-refractivity contribution in [1.82, 2.24) is 4.90 Å². The molecule has 0 bridgehead atoms. The minimum absolute atomic E-state index is 0.0765. The summed E-state index contributed by atoms with van der Waals surface area (Å²) >= 11 is 0. The topological polar surface area (TPSA) is 91.5 Å². The number of hydrogen-bond acceptors (Lipinski definition) is 2. The molecule has 5 nitrogen and oxygen atoms in total. The van der Waals surface area contributed by atoms with Crippen LogP contribution in [0.4, 0.5) is 0 Å². The predicted molar refractivity (Wildman–Crippen MR) is 70.7 cm³/mol. The van der Waals surface area contributed by atoms with Gasteiger partial charge in [0.25, 0.3) is 0 Å². The Kier molecular flexibility index (Phi) is 4.51. The van der Waals surface area contributed by atoms with Crippen LogP contribution in [0.25, 0.3) is 0 Å². The third-order valence-electron chi connectivity index (χ3n) is 2.14. The van der Waals surface area contributed by atoms with E-state index in [1.807, 2.05) is 44.2 Å². The van der Waals surface area contributed by atoms with Crippen LogP contribution in [-0.4, -0.2) is 22.9 Å². The Morgan fingerprint density at radius 1 is 1.29 bits per heavy atom. The Hall–Kier alpha value is -2.04. The van der Waals surface area contributed by atoms with E-state index in [9.17, 15) is 0 Å². The van der Waals surface area contributed by atoms with Crippen molar-refractivity contribution in [2.24, 2.45) is 16.5 Å². The van der Waals surface area contributed by atoms with E-state index in [1.165, 1.54) is 4.90 Å². The lowest BCUT2D eigenvalue weighted by molar-refractivity contribution is 0.577. The normalized spacial score (nSPS) is 11.6. The summed E-state index contributed by atoms with van der Waals surface area (Å²) in [5.74, 6) is 0.173. The SMILES string of the molecule is CC(C)N=C(N)N(Cc1ccccc1)C(=N)N. The van der Waals surface area contributed by atoms with Gasteiger partial charge in [-0.15, -0.1) is 0 Å². The third-order valence-corrected chi connectivity index (χ3v) is 2.14. The van der Waals surface area contributed by atoms with E-state index in [0.29, 0.717) is 6.54 Å². The van der Waals surface area contributed by atoms with Gasteiger partial charge in [-0.25, -0.2) is 0 Å². The lowest BCUT2D eigenvalue weighted by atomic mass is 10.2. The summed E-state index contributed by atoms with van der Waals surface area (Å²) in [6.07, 6.45) is 0. The average molecular weight is 233 g/mol. The molecule has 0 aliphatic rings. The van der Waals surface area contributed by atoms with Crippen molar-refractivity contribution < 1.29 is 0 Å². The minimum Gasteiger partial charge on any atom is -0.370 e. The molecule has 0 aliphatic heterocycles. The van der Waals surface area contributed by atoms with Crippen LogP contribution in [0.3, 0.4) is 0 Å². The smallest absolute Gasteiger partial charge is 0.198 e. The van der Waals surface area contributed by atoms with Crippen LogP contribution in [0.5, 0.6) is 0 Å². The van der Waals surface area contributed by atoms with E-state index >= 15 is 0 Å². The van der Waals surface area contributed by atoms with Crippen LogP contribution >= 0.6 is 0 Å². The van der Waals surface area contributed by atoms with Gasteiger partial charge in [0.1, 0.15) is 0 Å². The monoisotopic (exact) mass is 233 g/mol. The summed E-state index contributed by atoms with van der Waals surface area (Å²) in [5, 5.41) is 7.52. The zero-order chi connectivity index (χ0) is 12.8. The second-order valence-electron chi connectivity index (χ2n) is 4.04. The molecule has 17 heavy (non-hydrogen) atoms. The number of benzene rings is 1. The predicted octanol–water partition coefficient (Wildman–Crippen LogP) is 1.11. The Balaban J connectivity index is 2.85. The Morgan fingerprint density at radius 2 is 1.88 bits per heavy atom. The largest absolute Gasteiger partial charge is 0.370 e. The zero-order valence-electron chi connectivity index (χ0n) is 10.2. The fraction of sp³-hybridized carbons (Fsp3) is 0.333. The molecule has 5 heteroatoms. The van der Waals surface area contributed by atoms with Crippen molar-refractivity contribution in [3.8, 4) is 0 Å². The van der Waals surface area contributed by atoms with Crippen LogP contribution in [0.2, 0.25) is 0 Å². The number of aliphatic imine (C=N–C) groups is 1. The quantitative estimate of drug-likeness (QED) is 0.539. The number of rotatable bonds is 3. The van der Waals surface area contributed by atoms with Gasteiger partial charge in [-0.3, -0.25) is 15.3 Å². The van der Waals surface area contributed by atoms with Crippen LogP contribution in [0, 0.1) is 5.41 Å². The lowest BCUT2D eigenvalue weighted by Crippen LogP contribution is -2.45. The van der Waals surface area contributed by atoms with Gasteiger partial charge in [-0.05, 0) is 19.4 Å². The third kappa shape index (κ3) is 4.14. The van der Waals surface area contributed by atoms with Crippen molar-refractivity contribution in [2.75, 3.05) is 0 Å². The lowest BCUT2D eigenvalue weighted by Gasteiger charge is -2.22.